The third-order valence-electron chi connectivity index (χ3n) is 6.71. The molecule has 1 saturated carbocycles. The largest absolute Gasteiger partial charge is 0.494 e. The molecule has 2 aliphatic rings. The second kappa shape index (κ2) is 7.34. The number of fused-ring (bicyclic) bond motifs is 5. The lowest BCUT2D eigenvalue weighted by Crippen LogP contribution is -2.28. The molecule has 2 heterocycles. The zero-order valence-electron chi connectivity index (χ0n) is 17.7. The molecule has 0 aliphatic heterocycles. The monoisotopic (exact) mass is 415 g/mol. The molecular weight excluding hydrogens is 389 g/mol. The van der Waals surface area contributed by atoms with Crippen molar-refractivity contribution in [2.45, 2.75) is 50.6 Å². The number of ether oxygens (including phenoxy) is 1. The Bertz CT molecular complexity index is 1290. The van der Waals surface area contributed by atoms with Crippen molar-refractivity contribution < 1.29 is 9.13 Å². The van der Waals surface area contributed by atoms with Crippen LogP contribution in [-0.2, 0) is 12.8 Å². The average Bonchev–Trinajstić information content (AvgIpc) is 3.51. The highest BCUT2D eigenvalue weighted by Gasteiger charge is 2.31. The lowest BCUT2D eigenvalue weighted by atomic mass is 9.88. The van der Waals surface area contributed by atoms with Gasteiger partial charge in [-0.2, -0.15) is 0 Å². The Morgan fingerprint density at radius 2 is 2.03 bits per heavy atom. The number of para-hydroxylation sites is 1. The van der Waals surface area contributed by atoms with Gasteiger partial charge >= 0.3 is 0 Å². The van der Waals surface area contributed by atoms with Crippen LogP contribution in [0.15, 0.2) is 42.5 Å². The van der Waals surface area contributed by atoms with Crippen LogP contribution in [0.4, 0.5) is 4.39 Å². The standard InChI is InChI=1S/C26H26FN3O/c1-31-23-12-9-15(13-19(23)27)14-22-26-24(17-5-2-3-7-20(17)29-26)18-6-4-8-21(25(18)30-22)28-16-10-11-16/h2-3,5,7,9,12-13,16,21,28-29H,4,6,8,10-11,14H2,1H3. The summed E-state index contributed by atoms with van der Waals surface area (Å²) >= 11 is 0. The first-order valence-electron chi connectivity index (χ1n) is 11.2. The van der Waals surface area contributed by atoms with Crippen molar-refractivity contribution in [1.82, 2.24) is 15.3 Å². The Balaban J connectivity index is 1.53. The summed E-state index contributed by atoms with van der Waals surface area (Å²) in [5.74, 6) is -0.0641. The Labute approximate surface area is 180 Å². The number of rotatable bonds is 5. The van der Waals surface area contributed by atoms with Crippen molar-refractivity contribution in [2.75, 3.05) is 7.11 Å². The molecule has 4 nitrogen and oxygen atoms in total. The zero-order chi connectivity index (χ0) is 20.9. The summed E-state index contributed by atoms with van der Waals surface area (Å²) in [5.41, 5.74) is 6.67. The number of aryl methyl sites for hydroxylation is 1. The van der Waals surface area contributed by atoms with Gasteiger partial charge in [-0.15, -0.1) is 0 Å². The molecule has 2 aliphatic carbocycles. The minimum Gasteiger partial charge on any atom is -0.494 e. The van der Waals surface area contributed by atoms with Gasteiger partial charge in [0.1, 0.15) is 0 Å². The van der Waals surface area contributed by atoms with E-state index >= 15 is 0 Å². The number of nitrogens with zero attached hydrogens (tertiary/aromatic N) is 1. The smallest absolute Gasteiger partial charge is 0.165 e. The zero-order valence-corrected chi connectivity index (χ0v) is 17.7. The highest BCUT2D eigenvalue weighted by molar-refractivity contribution is 6.10. The van der Waals surface area contributed by atoms with Gasteiger partial charge in [-0.25, -0.2) is 4.39 Å². The molecule has 1 fully saturated rings. The SMILES string of the molecule is COc1ccc(Cc2nc3c(c4c2[nH]c2ccccc24)CCCC3NC2CC2)cc1F. The summed E-state index contributed by atoms with van der Waals surface area (Å²) in [5, 5.41) is 6.37. The van der Waals surface area contributed by atoms with Crippen LogP contribution in [0.25, 0.3) is 21.8 Å². The van der Waals surface area contributed by atoms with Crippen molar-refractivity contribution in [3.05, 3.63) is 70.8 Å². The van der Waals surface area contributed by atoms with E-state index in [0.717, 1.165) is 35.1 Å². The molecule has 0 bridgehead atoms. The van der Waals surface area contributed by atoms with Crippen molar-refractivity contribution >= 4 is 21.8 Å². The van der Waals surface area contributed by atoms with E-state index in [0.29, 0.717) is 18.5 Å². The van der Waals surface area contributed by atoms with Crippen molar-refractivity contribution in [3.8, 4) is 5.75 Å². The number of pyridine rings is 1. The van der Waals surface area contributed by atoms with E-state index in [1.807, 2.05) is 6.07 Å². The number of benzene rings is 2. The van der Waals surface area contributed by atoms with Gasteiger partial charge in [-0.3, -0.25) is 4.98 Å². The molecule has 4 aromatic rings. The molecular formula is C26H26FN3O. The molecule has 158 valence electrons. The summed E-state index contributed by atoms with van der Waals surface area (Å²) in [6.45, 7) is 0. The lowest BCUT2D eigenvalue weighted by molar-refractivity contribution is 0.386. The topological polar surface area (TPSA) is 49.9 Å². The maximum absolute atomic E-state index is 14.4. The van der Waals surface area contributed by atoms with Gasteiger partial charge < -0.3 is 15.0 Å². The molecule has 0 spiro atoms. The summed E-state index contributed by atoms with van der Waals surface area (Å²) < 4.78 is 19.4. The fraction of sp³-hybridized carbons (Fsp3) is 0.346. The van der Waals surface area contributed by atoms with Crippen LogP contribution in [0.5, 0.6) is 5.75 Å². The number of aromatic nitrogens is 2. The molecule has 2 aromatic heterocycles. The molecule has 5 heteroatoms. The van der Waals surface area contributed by atoms with Gasteiger partial charge in [0, 0.05) is 28.8 Å². The second-order valence-electron chi connectivity index (χ2n) is 8.87. The number of nitrogens with one attached hydrogen (secondary N) is 2. The first-order valence-corrected chi connectivity index (χ1v) is 11.2. The third kappa shape index (κ3) is 3.28. The number of aromatic amines is 1. The first kappa shape index (κ1) is 18.8. The van der Waals surface area contributed by atoms with E-state index < -0.39 is 0 Å². The van der Waals surface area contributed by atoms with Gasteiger partial charge in [0.15, 0.2) is 11.6 Å². The summed E-state index contributed by atoms with van der Waals surface area (Å²) in [7, 11) is 1.49. The quantitative estimate of drug-likeness (QED) is 0.447. The molecule has 1 atom stereocenters. The highest BCUT2D eigenvalue weighted by atomic mass is 19.1. The van der Waals surface area contributed by atoms with Crippen molar-refractivity contribution in [2.24, 2.45) is 0 Å². The minimum absolute atomic E-state index is 0.270. The Hall–Kier alpha value is -2.92. The van der Waals surface area contributed by atoms with E-state index in [-0.39, 0.29) is 11.6 Å². The van der Waals surface area contributed by atoms with Crippen molar-refractivity contribution in [1.29, 1.82) is 0 Å². The molecule has 6 rings (SSSR count). The van der Waals surface area contributed by atoms with E-state index in [1.54, 1.807) is 12.1 Å². The van der Waals surface area contributed by atoms with E-state index in [4.69, 9.17) is 9.72 Å². The van der Waals surface area contributed by atoms with Crippen LogP contribution in [0.2, 0.25) is 0 Å². The predicted molar refractivity (Wildman–Crippen MR) is 121 cm³/mol. The number of hydrogen-bond donors (Lipinski definition) is 2. The first-order chi connectivity index (χ1) is 15.2. The van der Waals surface area contributed by atoms with E-state index in [9.17, 15) is 4.39 Å². The second-order valence-corrected chi connectivity index (χ2v) is 8.87. The lowest BCUT2D eigenvalue weighted by Gasteiger charge is -2.27. The number of hydrogen-bond acceptors (Lipinski definition) is 3. The third-order valence-corrected chi connectivity index (χ3v) is 6.71. The predicted octanol–water partition coefficient (Wildman–Crippen LogP) is 5.58. The van der Waals surface area contributed by atoms with Gasteiger partial charge in [-0.05, 0) is 61.4 Å². The van der Waals surface area contributed by atoms with Gasteiger partial charge in [0.05, 0.1) is 30.1 Å². The molecule has 31 heavy (non-hydrogen) atoms. The normalized spacial score (nSPS) is 18.5. The van der Waals surface area contributed by atoms with Crippen LogP contribution >= 0.6 is 0 Å². The average molecular weight is 416 g/mol. The molecule has 0 radical (unpaired) electrons. The molecule has 2 N–H and O–H groups in total. The number of halogens is 1. The number of H-pyrrole nitrogens is 1. The van der Waals surface area contributed by atoms with Crippen LogP contribution in [0, 0.1) is 5.82 Å². The fourth-order valence-corrected chi connectivity index (χ4v) is 5.07. The van der Waals surface area contributed by atoms with Crippen molar-refractivity contribution in [3.63, 3.8) is 0 Å². The fourth-order valence-electron chi connectivity index (χ4n) is 5.07. The molecule has 0 amide bonds. The Morgan fingerprint density at radius 3 is 2.84 bits per heavy atom. The molecule has 0 saturated heterocycles. The summed E-state index contributed by atoms with van der Waals surface area (Å²) in [6.07, 6.45) is 6.46. The Kier molecular flexibility index (Phi) is 4.46. The number of methoxy groups -OCH3 is 1. The maximum atomic E-state index is 14.4. The van der Waals surface area contributed by atoms with Crippen LogP contribution in [0.3, 0.4) is 0 Å². The molecule has 2 aromatic carbocycles. The van der Waals surface area contributed by atoms with Crippen LogP contribution in [-0.4, -0.2) is 23.1 Å². The van der Waals surface area contributed by atoms with Crippen LogP contribution in [0.1, 0.15) is 54.2 Å². The Morgan fingerprint density at radius 1 is 1.16 bits per heavy atom. The highest BCUT2D eigenvalue weighted by Crippen LogP contribution is 2.40. The molecule has 1 unspecified atom stereocenters. The van der Waals surface area contributed by atoms with Gasteiger partial charge in [0.25, 0.3) is 0 Å². The van der Waals surface area contributed by atoms with Gasteiger partial charge in [-0.1, -0.05) is 24.3 Å². The van der Waals surface area contributed by atoms with Gasteiger partial charge in [0.2, 0.25) is 0 Å². The minimum atomic E-state index is -0.334. The maximum Gasteiger partial charge on any atom is 0.165 e. The summed E-state index contributed by atoms with van der Waals surface area (Å²) in [6, 6.07) is 14.6. The summed E-state index contributed by atoms with van der Waals surface area (Å²) in [4.78, 5) is 8.84. The van der Waals surface area contributed by atoms with Crippen LogP contribution < -0.4 is 10.1 Å². The van der Waals surface area contributed by atoms with E-state index in [2.05, 4.69) is 34.6 Å². The van der Waals surface area contributed by atoms with E-state index in [1.165, 1.54) is 48.4 Å².